The Balaban J connectivity index is 2.26. The molecule has 0 aromatic rings. The van der Waals surface area contributed by atoms with Gasteiger partial charge in [0.1, 0.15) is 24.9 Å². The van der Waals surface area contributed by atoms with E-state index in [4.69, 9.17) is 23.7 Å². The van der Waals surface area contributed by atoms with Crippen molar-refractivity contribution in [2.24, 2.45) is 0 Å². The lowest BCUT2D eigenvalue weighted by Crippen LogP contribution is -2.48. The number of hydrogen-bond donors (Lipinski definition) is 0. The van der Waals surface area contributed by atoms with E-state index < -0.39 is 41.5 Å². The third kappa shape index (κ3) is 5.67. The van der Waals surface area contributed by atoms with Crippen LogP contribution in [-0.2, 0) is 38.1 Å². The third-order valence-electron chi connectivity index (χ3n) is 5.43. The highest BCUT2D eigenvalue weighted by molar-refractivity contribution is 5.67. The van der Waals surface area contributed by atoms with Gasteiger partial charge in [-0.2, -0.15) is 0 Å². The fourth-order valence-electron chi connectivity index (χ4n) is 4.01. The number of esters is 3. The van der Waals surface area contributed by atoms with E-state index >= 15 is 0 Å². The Hall–Kier alpha value is -1.67. The molecule has 0 aromatic heterocycles. The van der Waals surface area contributed by atoms with Crippen LogP contribution < -0.4 is 0 Å². The maximum atomic E-state index is 11.5. The summed E-state index contributed by atoms with van der Waals surface area (Å²) in [5.74, 6) is -1.19. The van der Waals surface area contributed by atoms with Gasteiger partial charge in [-0.05, 0) is 46.5 Å². The van der Waals surface area contributed by atoms with E-state index in [1.807, 2.05) is 20.8 Å². The van der Waals surface area contributed by atoms with Gasteiger partial charge in [0.05, 0.1) is 17.3 Å². The molecule has 0 spiro atoms. The Bertz CT molecular complexity index is 601. The Morgan fingerprint density at radius 3 is 2.11 bits per heavy atom. The maximum absolute atomic E-state index is 11.5. The van der Waals surface area contributed by atoms with Crippen molar-refractivity contribution in [2.75, 3.05) is 6.61 Å². The van der Waals surface area contributed by atoms with Crippen LogP contribution in [0.4, 0.5) is 0 Å². The molecule has 2 rings (SSSR count). The Morgan fingerprint density at radius 2 is 1.54 bits per heavy atom. The molecular weight excluding hydrogens is 368 g/mol. The van der Waals surface area contributed by atoms with Gasteiger partial charge >= 0.3 is 17.9 Å². The first-order valence-corrected chi connectivity index (χ1v) is 9.76. The minimum Gasteiger partial charge on any atom is -0.463 e. The van der Waals surface area contributed by atoms with Crippen molar-refractivity contribution in [3.8, 4) is 0 Å². The van der Waals surface area contributed by atoms with Gasteiger partial charge in [-0.1, -0.05) is 0 Å². The molecule has 2 heterocycles. The predicted octanol–water partition coefficient (Wildman–Crippen LogP) is 2.31. The second-order valence-electron chi connectivity index (χ2n) is 8.34. The predicted molar refractivity (Wildman–Crippen MR) is 98.4 cm³/mol. The van der Waals surface area contributed by atoms with Gasteiger partial charge in [-0.3, -0.25) is 14.4 Å². The molecule has 0 aliphatic carbocycles. The molecule has 0 N–H and O–H groups in total. The van der Waals surface area contributed by atoms with Crippen molar-refractivity contribution in [3.63, 3.8) is 0 Å². The average molecular weight is 400 g/mol. The van der Waals surface area contributed by atoms with Gasteiger partial charge in [-0.25, -0.2) is 0 Å². The maximum Gasteiger partial charge on any atom is 0.303 e. The lowest BCUT2D eigenvalue weighted by Gasteiger charge is -2.39. The summed E-state index contributed by atoms with van der Waals surface area (Å²) in [5, 5.41) is 0. The first-order chi connectivity index (χ1) is 12.9. The third-order valence-corrected chi connectivity index (χ3v) is 5.43. The minimum atomic E-state index is -0.702. The van der Waals surface area contributed by atoms with Crippen LogP contribution in [0.15, 0.2) is 0 Å². The number of fused-ring (bicyclic) bond motifs is 1. The fourth-order valence-corrected chi connectivity index (χ4v) is 4.01. The monoisotopic (exact) mass is 400 g/mol. The van der Waals surface area contributed by atoms with Crippen LogP contribution in [0.1, 0.15) is 67.2 Å². The highest BCUT2D eigenvalue weighted by Crippen LogP contribution is 2.42. The molecule has 5 atom stereocenters. The normalized spacial score (nSPS) is 34.9. The van der Waals surface area contributed by atoms with E-state index in [9.17, 15) is 14.4 Å². The smallest absolute Gasteiger partial charge is 0.303 e. The van der Waals surface area contributed by atoms with E-state index in [1.54, 1.807) is 0 Å². The molecule has 28 heavy (non-hydrogen) atoms. The van der Waals surface area contributed by atoms with Crippen molar-refractivity contribution < 1.29 is 38.1 Å². The number of rotatable bonds is 4. The molecule has 8 nitrogen and oxygen atoms in total. The molecule has 0 aromatic carbocycles. The lowest BCUT2D eigenvalue weighted by molar-refractivity contribution is -0.211. The zero-order valence-electron chi connectivity index (χ0n) is 17.6. The van der Waals surface area contributed by atoms with Crippen LogP contribution >= 0.6 is 0 Å². The topological polar surface area (TPSA) is 97.4 Å². The molecule has 2 fully saturated rings. The van der Waals surface area contributed by atoms with Gasteiger partial charge in [0, 0.05) is 20.8 Å². The van der Waals surface area contributed by atoms with Crippen LogP contribution in [0.25, 0.3) is 0 Å². The molecule has 2 aliphatic rings. The summed E-state index contributed by atoms with van der Waals surface area (Å²) in [4.78, 5) is 34.3. The summed E-state index contributed by atoms with van der Waals surface area (Å²) in [6, 6.07) is 0. The zero-order valence-corrected chi connectivity index (χ0v) is 17.6. The number of carbonyl (C=O) groups is 3. The van der Waals surface area contributed by atoms with E-state index in [0.29, 0.717) is 25.7 Å². The SMILES string of the molecule is CC(=O)OC[C@H]1O[C@@]2(C)CC[C@@H](OC(C)=O)C(C)(C)O[C@@H]2CC[C@@H]1OC(C)=O. The lowest BCUT2D eigenvalue weighted by atomic mass is 9.89. The Morgan fingerprint density at radius 1 is 0.893 bits per heavy atom. The van der Waals surface area contributed by atoms with Gasteiger partial charge in [0.2, 0.25) is 0 Å². The van der Waals surface area contributed by atoms with Crippen molar-refractivity contribution in [1.29, 1.82) is 0 Å². The first kappa shape index (κ1) is 22.6. The average Bonchev–Trinajstić information content (AvgIpc) is 2.72. The summed E-state index contributed by atoms with van der Waals surface area (Å²) < 4.78 is 28.8. The Kier molecular flexibility index (Phi) is 7.09. The van der Waals surface area contributed by atoms with Crippen molar-refractivity contribution in [1.82, 2.24) is 0 Å². The molecule has 0 saturated carbocycles. The van der Waals surface area contributed by atoms with Crippen LogP contribution in [-0.4, -0.2) is 60.1 Å². The fraction of sp³-hybridized carbons (Fsp3) is 0.850. The molecule has 2 saturated heterocycles. The number of carbonyl (C=O) groups excluding carboxylic acids is 3. The molecule has 2 aliphatic heterocycles. The molecule has 160 valence electrons. The van der Waals surface area contributed by atoms with E-state index in [2.05, 4.69) is 0 Å². The first-order valence-electron chi connectivity index (χ1n) is 9.76. The quantitative estimate of drug-likeness (QED) is 0.524. The van der Waals surface area contributed by atoms with E-state index in [1.165, 1.54) is 20.8 Å². The van der Waals surface area contributed by atoms with Crippen LogP contribution in [0.2, 0.25) is 0 Å². The van der Waals surface area contributed by atoms with Crippen LogP contribution in [0.3, 0.4) is 0 Å². The van der Waals surface area contributed by atoms with E-state index in [0.717, 1.165) is 0 Å². The second-order valence-corrected chi connectivity index (χ2v) is 8.34. The van der Waals surface area contributed by atoms with Crippen LogP contribution in [0.5, 0.6) is 0 Å². The van der Waals surface area contributed by atoms with Gasteiger partial charge < -0.3 is 23.7 Å². The standard InChI is InChI=1S/C20H32O8/c1-12(21)24-11-16-15(25-13(2)22)7-8-18-20(6,27-16)10-9-17(26-14(3)23)19(4,5)28-18/h15-18H,7-11H2,1-6H3/t15-,16+,17+,18+,20-/m0/s1. The summed E-state index contributed by atoms with van der Waals surface area (Å²) in [7, 11) is 0. The largest absolute Gasteiger partial charge is 0.463 e. The molecule has 0 radical (unpaired) electrons. The second kappa shape index (κ2) is 8.78. The summed E-state index contributed by atoms with van der Waals surface area (Å²) in [5.41, 5.74) is -1.39. The summed E-state index contributed by atoms with van der Waals surface area (Å²) in [6.45, 7) is 9.79. The van der Waals surface area contributed by atoms with Crippen molar-refractivity contribution in [3.05, 3.63) is 0 Å². The highest BCUT2D eigenvalue weighted by Gasteiger charge is 2.51. The molecule has 0 bridgehead atoms. The molecule has 8 heteroatoms. The minimum absolute atomic E-state index is 0.00758. The van der Waals surface area contributed by atoms with Gasteiger partial charge in [0.25, 0.3) is 0 Å². The number of hydrogen-bond acceptors (Lipinski definition) is 8. The molecular formula is C20H32O8. The van der Waals surface area contributed by atoms with Crippen LogP contribution in [0, 0.1) is 0 Å². The van der Waals surface area contributed by atoms with Gasteiger partial charge in [0.15, 0.2) is 0 Å². The Labute approximate surface area is 166 Å². The van der Waals surface area contributed by atoms with Gasteiger partial charge in [-0.15, -0.1) is 0 Å². The molecule has 0 unspecified atom stereocenters. The number of ether oxygens (including phenoxy) is 5. The van der Waals surface area contributed by atoms with E-state index in [-0.39, 0.29) is 18.7 Å². The molecule has 0 amide bonds. The van der Waals surface area contributed by atoms with Crippen molar-refractivity contribution in [2.45, 2.75) is 103 Å². The summed E-state index contributed by atoms with van der Waals surface area (Å²) >= 11 is 0. The highest BCUT2D eigenvalue weighted by atomic mass is 16.6. The summed E-state index contributed by atoms with van der Waals surface area (Å²) in [6.07, 6.45) is 0.454. The zero-order chi connectivity index (χ0) is 21.1. The van der Waals surface area contributed by atoms with Crippen molar-refractivity contribution >= 4 is 17.9 Å².